The van der Waals surface area contributed by atoms with Gasteiger partial charge in [-0.3, -0.25) is 9.59 Å². The van der Waals surface area contributed by atoms with E-state index < -0.39 is 0 Å². The molecule has 1 aromatic carbocycles. The minimum absolute atomic E-state index is 0.0963. The van der Waals surface area contributed by atoms with Crippen molar-refractivity contribution in [3.05, 3.63) is 29.8 Å². The summed E-state index contributed by atoms with van der Waals surface area (Å²) in [4.78, 5) is 25.0. The molecular weight excluding hydrogens is 216 g/mol. The molecular formula is C13H16N2O2. The number of nitrogens with one attached hydrogen (secondary N) is 1. The van der Waals surface area contributed by atoms with Crippen molar-refractivity contribution in [2.45, 2.75) is 19.8 Å². The molecule has 1 heterocycles. The van der Waals surface area contributed by atoms with Gasteiger partial charge in [-0.15, -0.1) is 0 Å². The van der Waals surface area contributed by atoms with Gasteiger partial charge in [-0.1, -0.05) is 6.07 Å². The lowest BCUT2D eigenvalue weighted by Crippen LogP contribution is -2.25. The molecule has 4 heteroatoms. The Morgan fingerprint density at radius 3 is 2.94 bits per heavy atom. The lowest BCUT2D eigenvalue weighted by atomic mass is 10.1. The topological polar surface area (TPSA) is 49.4 Å². The minimum Gasteiger partial charge on any atom is -0.352 e. The molecule has 1 aromatic rings. The Kier molecular flexibility index (Phi) is 3.42. The van der Waals surface area contributed by atoms with E-state index in [4.69, 9.17) is 0 Å². The molecule has 1 N–H and O–H groups in total. The molecule has 1 fully saturated rings. The van der Waals surface area contributed by atoms with Gasteiger partial charge < -0.3 is 10.2 Å². The molecule has 2 amide bonds. The Morgan fingerprint density at radius 2 is 2.29 bits per heavy atom. The fraction of sp³-hybridized carbons (Fsp3) is 0.385. The first-order valence-corrected chi connectivity index (χ1v) is 5.91. The molecule has 0 spiro atoms. The van der Waals surface area contributed by atoms with Crippen LogP contribution in [0.15, 0.2) is 24.3 Å². The van der Waals surface area contributed by atoms with Crippen molar-refractivity contribution in [3.63, 3.8) is 0 Å². The van der Waals surface area contributed by atoms with E-state index in [9.17, 15) is 9.59 Å². The first-order valence-electron chi connectivity index (χ1n) is 5.91. The number of amides is 2. The van der Waals surface area contributed by atoms with Crippen molar-refractivity contribution in [1.29, 1.82) is 0 Å². The van der Waals surface area contributed by atoms with E-state index in [2.05, 4.69) is 5.32 Å². The van der Waals surface area contributed by atoms with Gasteiger partial charge in [-0.25, -0.2) is 0 Å². The predicted octanol–water partition coefficient (Wildman–Crippen LogP) is 1.56. The highest BCUT2D eigenvalue weighted by atomic mass is 16.2. The molecule has 0 unspecified atom stereocenters. The third kappa shape index (κ3) is 2.46. The first-order chi connectivity index (χ1) is 8.22. The lowest BCUT2D eigenvalue weighted by molar-refractivity contribution is -0.117. The van der Waals surface area contributed by atoms with Gasteiger partial charge in [0.05, 0.1) is 0 Å². The summed E-state index contributed by atoms with van der Waals surface area (Å²) < 4.78 is 0. The Hall–Kier alpha value is -1.84. The molecule has 17 heavy (non-hydrogen) atoms. The lowest BCUT2D eigenvalue weighted by Gasteiger charge is -2.16. The average Bonchev–Trinajstić information content (AvgIpc) is 2.76. The predicted molar refractivity (Wildman–Crippen MR) is 66.0 cm³/mol. The van der Waals surface area contributed by atoms with Crippen LogP contribution in [0.5, 0.6) is 0 Å². The summed E-state index contributed by atoms with van der Waals surface area (Å²) in [6.07, 6.45) is 1.50. The van der Waals surface area contributed by atoms with Crippen molar-refractivity contribution < 1.29 is 9.59 Å². The number of carbonyl (C=O) groups excluding carboxylic acids is 2. The number of carbonyl (C=O) groups is 2. The smallest absolute Gasteiger partial charge is 0.251 e. The summed E-state index contributed by atoms with van der Waals surface area (Å²) in [5.41, 5.74) is 1.42. The van der Waals surface area contributed by atoms with E-state index in [1.165, 1.54) is 0 Å². The highest BCUT2D eigenvalue weighted by Crippen LogP contribution is 2.22. The van der Waals surface area contributed by atoms with Crippen LogP contribution in [0.3, 0.4) is 0 Å². The van der Waals surface area contributed by atoms with Gasteiger partial charge in [0, 0.05) is 30.8 Å². The standard InChI is InChI=1S/C13H16N2O2/c1-2-14-13(17)10-5-3-6-11(9-10)15-8-4-7-12(15)16/h3,5-6,9H,2,4,7-8H2,1H3,(H,14,17). The third-order valence-electron chi connectivity index (χ3n) is 2.83. The van der Waals surface area contributed by atoms with E-state index in [0.717, 1.165) is 18.7 Å². The highest BCUT2D eigenvalue weighted by Gasteiger charge is 2.22. The average molecular weight is 232 g/mol. The second kappa shape index (κ2) is 4.99. The number of hydrogen-bond acceptors (Lipinski definition) is 2. The van der Waals surface area contributed by atoms with Crippen LogP contribution in [-0.2, 0) is 4.79 Å². The minimum atomic E-state index is -0.0963. The second-order valence-electron chi connectivity index (χ2n) is 4.06. The van der Waals surface area contributed by atoms with Crippen LogP contribution in [0, 0.1) is 0 Å². The Bertz CT molecular complexity index is 443. The van der Waals surface area contributed by atoms with Crippen LogP contribution in [0.4, 0.5) is 5.69 Å². The molecule has 0 bridgehead atoms. The fourth-order valence-electron chi connectivity index (χ4n) is 2.00. The maximum Gasteiger partial charge on any atom is 0.251 e. The van der Waals surface area contributed by atoms with E-state index in [1.54, 1.807) is 17.0 Å². The SMILES string of the molecule is CCNC(=O)c1cccc(N2CCCC2=O)c1. The summed E-state index contributed by atoms with van der Waals surface area (Å²) >= 11 is 0. The Labute approximate surface area is 101 Å². The quantitative estimate of drug-likeness (QED) is 0.859. The Morgan fingerprint density at radius 1 is 1.47 bits per heavy atom. The molecule has 0 aromatic heterocycles. The number of rotatable bonds is 3. The van der Waals surface area contributed by atoms with Crippen molar-refractivity contribution in [1.82, 2.24) is 5.32 Å². The molecule has 0 atom stereocenters. The maximum absolute atomic E-state index is 11.7. The van der Waals surface area contributed by atoms with Gasteiger partial charge in [0.2, 0.25) is 5.91 Å². The van der Waals surface area contributed by atoms with Gasteiger partial charge in [-0.2, -0.15) is 0 Å². The second-order valence-corrected chi connectivity index (χ2v) is 4.06. The summed E-state index contributed by atoms with van der Waals surface area (Å²) in [5.74, 6) is 0.0408. The molecule has 0 radical (unpaired) electrons. The zero-order valence-electron chi connectivity index (χ0n) is 9.90. The van der Waals surface area contributed by atoms with E-state index in [0.29, 0.717) is 18.5 Å². The zero-order chi connectivity index (χ0) is 12.3. The van der Waals surface area contributed by atoms with Gasteiger partial charge in [0.25, 0.3) is 5.91 Å². The number of hydrogen-bond donors (Lipinski definition) is 1. The van der Waals surface area contributed by atoms with Crippen molar-refractivity contribution in [2.24, 2.45) is 0 Å². The Balaban J connectivity index is 2.22. The normalized spacial score (nSPS) is 15.1. The molecule has 0 aliphatic carbocycles. The third-order valence-corrected chi connectivity index (χ3v) is 2.83. The monoisotopic (exact) mass is 232 g/mol. The fourth-order valence-corrected chi connectivity index (χ4v) is 2.00. The molecule has 90 valence electrons. The zero-order valence-corrected chi connectivity index (χ0v) is 9.90. The highest BCUT2D eigenvalue weighted by molar-refractivity contribution is 5.99. The molecule has 1 aliphatic rings. The van der Waals surface area contributed by atoms with Crippen molar-refractivity contribution in [2.75, 3.05) is 18.0 Å². The molecule has 1 aliphatic heterocycles. The summed E-state index contributed by atoms with van der Waals surface area (Å²) in [7, 11) is 0. The van der Waals surface area contributed by atoms with Gasteiger partial charge in [-0.05, 0) is 31.5 Å². The maximum atomic E-state index is 11.7. The largest absolute Gasteiger partial charge is 0.352 e. The molecule has 2 rings (SSSR count). The number of benzene rings is 1. The van der Waals surface area contributed by atoms with Crippen LogP contribution >= 0.6 is 0 Å². The number of anilines is 1. The molecule has 4 nitrogen and oxygen atoms in total. The number of nitrogens with zero attached hydrogens (tertiary/aromatic N) is 1. The van der Waals surface area contributed by atoms with Gasteiger partial charge in [0.1, 0.15) is 0 Å². The van der Waals surface area contributed by atoms with Crippen LogP contribution in [0.25, 0.3) is 0 Å². The summed E-state index contributed by atoms with van der Waals surface area (Å²) in [6.45, 7) is 3.23. The van der Waals surface area contributed by atoms with E-state index >= 15 is 0 Å². The van der Waals surface area contributed by atoms with Crippen LogP contribution in [0.1, 0.15) is 30.1 Å². The summed E-state index contributed by atoms with van der Waals surface area (Å²) in [6, 6.07) is 7.21. The van der Waals surface area contributed by atoms with E-state index in [1.807, 2.05) is 19.1 Å². The first kappa shape index (κ1) is 11.6. The van der Waals surface area contributed by atoms with Crippen LogP contribution in [0.2, 0.25) is 0 Å². The van der Waals surface area contributed by atoms with Crippen molar-refractivity contribution in [3.8, 4) is 0 Å². The van der Waals surface area contributed by atoms with Gasteiger partial charge >= 0.3 is 0 Å². The van der Waals surface area contributed by atoms with Crippen molar-refractivity contribution >= 4 is 17.5 Å². The van der Waals surface area contributed by atoms with E-state index in [-0.39, 0.29) is 11.8 Å². The molecule has 0 saturated carbocycles. The summed E-state index contributed by atoms with van der Waals surface area (Å²) in [5, 5.41) is 2.75. The molecule has 1 saturated heterocycles. The van der Waals surface area contributed by atoms with Gasteiger partial charge in [0.15, 0.2) is 0 Å². The van der Waals surface area contributed by atoms with Crippen LogP contribution in [-0.4, -0.2) is 24.9 Å². The van der Waals surface area contributed by atoms with Crippen LogP contribution < -0.4 is 10.2 Å².